The average Bonchev–Trinajstić information content (AvgIpc) is 2.87. The molecule has 0 amide bonds. The van der Waals surface area contributed by atoms with Crippen molar-refractivity contribution in [2.24, 2.45) is 0 Å². The third-order valence-electron chi connectivity index (χ3n) is 5.67. The summed E-state index contributed by atoms with van der Waals surface area (Å²) in [4.78, 5) is 0. The molecule has 0 aliphatic heterocycles. The molecule has 0 spiro atoms. The van der Waals surface area contributed by atoms with Crippen LogP contribution in [0.4, 0.5) is 26.3 Å². The number of aryl methyl sites for hydroxylation is 1. The minimum atomic E-state index is -1.77. The van der Waals surface area contributed by atoms with Gasteiger partial charge in [-0.05, 0) is 46.9 Å². The van der Waals surface area contributed by atoms with Crippen LogP contribution in [0, 0.1) is 23.3 Å². The van der Waals surface area contributed by atoms with Gasteiger partial charge in [-0.15, -0.1) is 0 Å². The zero-order valence-corrected chi connectivity index (χ0v) is 18.7. The molecule has 0 saturated carbocycles. The zero-order valence-electron chi connectivity index (χ0n) is 18.7. The third-order valence-corrected chi connectivity index (χ3v) is 5.67. The second-order valence-corrected chi connectivity index (χ2v) is 8.10. The maximum atomic E-state index is 14.9. The monoisotopic (exact) mass is 482 g/mol. The second-order valence-electron chi connectivity index (χ2n) is 8.10. The molecule has 0 heterocycles. The predicted molar refractivity (Wildman–Crippen MR) is 127 cm³/mol. The maximum absolute atomic E-state index is 14.9. The number of halogens is 6. The Morgan fingerprint density at radius 1 is 0.571 bits per heavy atom. The lowest BCUT2D eigenvalue weighted by Crippen LogP contribution is -1.94. The molecule has 0 aromatic heterocycles. The number of hydrogen-bond donors (Lipinski definition) is 0. The summed E-state index contributed by atoms with van der Waals surface area (Å²) in [5.41, 5.74) is 2.51. The summed E-state index contributed by atoms with van der Waals surface area (Å²) in [5, 5.41) is 0. The second kappa shape index (κ2) is 10.2. The van der Waals surface area contributed by atoms with Gasteiger partial charge in [-0.2, -0.15) is 0 Å². The Hall–Kier alpha value is -3.80. The molecule has 0 N–H and O–H groups in total. The van der Waals surface area contributed by atoms with Crippen LogP contribution in [-0.2, 0) is 6.42 Å². The SMILES string of the molecule is CCCc1ccc(-c2ccc(-c3ccc(C(F)=C(F)c4cc(F)c(F)c(F)c4)cc3)c(F)c2)cc1. The van der Waals surface area contributed by atoms with Crippen molar-refractivity contribution in [2.75, 3.05) is 0 Å². The van der Waals surface area contributed by atoms with Crippen molar-refractivity contribution >= 4 is 11.7 Å². The van der Waals surface area contributed by atoms with Crippen molar-refractivity contribution in [1.29, 1.82) is 0 Å². The van der Waals surface area contributed by atoms with Crippen LogP contribution in [-0.4, -0.2) is 0 Å². The molecule has 4 aromatic carbocycles. The molecule has 0 saturated heterocycles. The minimum Gasteiger partial charge on any atom is -0.206 e. The fraction of sp³-hybridized carbons (Fsp3) is 0.103. The molecule has 4 rings (SSSR count). The molecule has 178 valence electrons. The first-order chi connectivity index (χ1) is 16.8. The van der Waals surface area contributed by atoms with Crippen LogP contribution in [0.5, 0.6) is 0 Å². The Balaban J connectivity index is 1.59. The summed E-state index contributed by atoms with van der Waals surface area (Å²) >= 11 is 0. The third kappa shape index (κ3) is 5.16. The van der Waals surface area contributed by atoms with Crippen LogP contribution in [0.25, 0.3) is 33.9 Å². The summed E-state index contributed by atoms with van der Waals surface area (Å²) in [5.74, 6) is -8.44. The fourth-order valence-electron chi connectivity index (χ4n) is 3.81. The summed E-state index contributed by atoms with van der Waals surface area (Å²) in [7, 11) is 0. The van der Waals surface area contributed by atoms with Gasteiger partial charge in [0.1, 0.15) is 5.82 Å². The van der Waals surface area contributed by atoms with Crippen LogP contribution < -0.4 is 0 Å². The minimum absolute atomic E-state index is 0.222. The molecular weight excluding hydrogens is 462 g/mol. The van der Waals surface area contributed by atoms with Crippen LogP contribution in [0.3, 0.4) is 0 Å². The molecule has 0 fully saturated rings. The van der Waals surface area contributed by atoms with Crippen molar-refractivity contribution in [3.63, 3.8) is 0 Å². The van der Waals surface area contributed by atoms with E-state index in [1.54, 1.807) is 12.1 Å². The van der Waals surface area contributed by atoms with Gasteiger partial charge in [0.25, 0.3) is 0 Å². The van der Waals surface area contributed by atoms with Gasteiger partial charge in [-0.25, -0.2) is 26.3 Å². The molecule has 0 aliphatic rings. The van der Waals surface area contributed by atoms with Gasteiger partial charge in [0, 0.05) is 16.7 Å². The lowest BCUT2D eigenvalue weighted by atomic mass is 9.97. The molecule has 4 aromatic rings. The van der Waals surface area contributed by atoms with Crippen molar-refractivity contribution in [1.82, 2.24) is 0 Å². The van der Waals surface area contributed by atoms with Crippen LogP contribution >= 0.6 is 0 Å². The molecule has 0 aliphatic carbocycles. The Morgan fingerprint density at radius 3 is 1.69 bits per heavy atom. The van der Waals surface area contributed by atoms with Gasteiger partial charge in [-0.1, -0.05) is 74.0 Å². The van der Waals surface area contributed by atoms with Gasteiger partial charge in [0.15, 0.2) is 29.1 Å². The fourth-order valence-corrected chi connectivity index (χ4v) is 3.81. The molecule has 0 radical (unpaired) electrons. The Labute approximate surface area is 199 Å². The van der Waals surface area contributed by atoms with Gasteiger partial charge in [0.2, 0.25) is 0 Å². The van der Waals surface area contributed by atoms with E-state index in [0.717, 1.165) is 18.4 Å². The van der Waals surface area contributed by atoms with Crippen LogP contribution in [0.15, 0.2) is 78.9 Å². The first-order valence-corrected chi connectivity index (χ1v) is 11.0. The van der Waals surface area contributed by atoms with E-state index < -0.39 is 40.5 Å². The predicted octanol–water partition coefficient (Wildman–Crippen LogP) is 9.29. The largest absolute Gasteiger partial charge is 0.206 e. The number of benzene rings is 4. The molecular formula is C29H20F6. The summed E-state index contributed by atoms with van der Waals surface area (Å²) in [6, 6.07) is 18.7. The van der Waals surface area contributed by atoms with Crippen LogP contribution in [0.2, 0.25) is 0 Å². The van der Waals surface area contributed by atoms with Crippen molar-refractivity contribution in [2.45, 2.75) is 19.8 Å². The molecule has 6 heteroatoms. The standard InChI is InChI=1S/C29H20F6/c1-2-3-17-4-6-18(7-5-17)21-12-13-23(24(30)14-21)19-8-10-20(11-9-19)27(33)28(34)22-15-25(31)29(35)26(32)16-22/h4-16H,2-3H2,1H3. The quantitative estimate of drug-likeness (QED) is 0.146. The van der Waals surface area contributed by atoms with Gasteiger partial charge < -0.3 is 0 Å². The lowest BCUT2D eigenvalue weighted by Gasteiger charge is -2.09. The van der Waals surface area contributed by atoms with E-state index in [0.29, 0.717) is 23.3 Å². The Kier molecular flexibility index (Phi) is 7.10. The molecule has 0 nitrogen and oxygen atoms in total. The number of rotatable bonds is 6. The molecule has 0 bridgehead atoms. The first kappa shape index (κ1) is 24.3. The lowest BCUT2D eigenvalue weighted by molar-refractivity contribution is 0.446. The topological polar surface area (TPSA) is 0 Å². The summed E-state index contributed by atoms with van der Waals surface area (Å²) in [6.07, 6.45) is 2.01. The molecule has 35 heavy (non-hydrogen) atoms. The van der Waals surface area contributed by atoms with E-state index in [4.69, 9.17) is 0 Å². The summed E-state index contributed by atoms with van der Waals surface area (Å²) < 4.78 is 83.8. The van der Waals surface area contributed by atoms with Crippen molar-refractivity contribution in [3.05, 3.63) is 119 Å². The highest BCUT2D eigenvalue weighted by molar-refractivity contribution is 5.84. The van der Waals surface area contributed by atoms with E-state index in [2.05, 4.69) is 6.92 Å². The normalized spacial score (nSPS) is 12.0. The van der Waals surface area contributed by atoms with Crippen LogP contribution in [0.1, 0.15) is 30.0 Å². The highest BCUT2D eigenvalue weighted by Gasteiger charge is 2.17. The van der Waals surface area contributed by atoms with Gasteiger partial charge in [-0.3, -0.25) is 0 Å². The maximum Gasteiger partial charge on any atom is 0.194 e. The van der Waals surface area contributed by atoms with E-state index >= 15 is 0 Å². The zero-order chi connectivity index (χ0) is 25.1. The van der Waals surface area contributed by atoms with E-state index in [9.17, 15) is 26.3 Å². The molecule has 0 atom stereocenters. The molecule has 0 unspecified atom stereocenters. The smallest absolute Gasteiger partial charge is 0.194 e. The van der Waals surface area contributed by atoms with E-state index in [-0.39, 0.29) is 11.1 Å². The Morgan fingerprint density at radius 2 is 1.11 bits per heavy atom. The average molecular weight is 482 g/mol. The summed E-state index contributed by atoms with van der Waals surface area (Å²) in [6.45, 7) is 2.10. The highest BCUT2D eigenvalue weighted by atomic mass is 19.2. The number of hydrogen-bond acceptors (Lipinski definition) is 0. The van der Waals surface area contributed by atoms with E-state index in [1.807, 2.05) is 24.3 Å². The van der Waals surface area contributed by atoms with Gasteiger partial charge >= 0.3 is 0 Å². The Bertz CT molecular complexity index is 1360. The van der Waals surface area contributed by atoms with Gasteiger partial charge in [0.05, 0.1) is 0 Å². The highest BCUT2D eigenvalue weighted by Crippen LogP contribution is 2.33. The van der Waals surface area contributed by atoms with E-state index in [1.165, 1.54) is 35.9 Å². The first-order valence-electron chi connectivity index (χ1n) is 11.0. The van der Waals surface area contributed by atoms with Crippen molar-refractivity contribution in [3.8, 4) is 22.3 Å². The van der Waals surface area contributed by atoms with Crippen molar-refractivity contribution < 1.29 is 26.3 Å².